The monoisotopic (exact) mass is 238 g/mol. The fourth-order valence-corrected chi connectivity index (χ4v) is 2.86. The number of aliphatic hydroxyl groups excluding tert-OH is 1. The van der Waals surface area contributed by atoms with E-state index in [4.69, 9.17) is 0 Å². The van der Waals surface area contributed by atoms with Crippen LogP contribution < -0.4 is 4.90 Å². The van der Waals surface area contributed by atoms with E-state index in [1.54, 1.807) is 6.20 Å². The van der Waals surface area contributed by atoms with Gasteiger partial charge in [0.05, 0.1) is 6.61 Å². The number of rotatable bonds is 2. The zero-order valence-electron chi connectivity index (χ0n) is 9.65. The summed E-state index contributed by atoms with van der Waals surface area (Å²) in [4.78, 5) is 6.61. The van der Waals surface area contributed by atoms with Gasteiger partial charge in [0, 0.05) is 42.0 Å². The number of thioether (sulfide) groups is 1. The van der Waals surface area contributed by atoms with E-state index >= 15 is 0 Å². The van der Waals surface area contributed by atoms with Gasteiger partial charge in [0.1, 0.15) is 0 Å². The van der Waals surface area contributed by atoms with Crippen LogP contribution in [0.25, 0.3) is 0 Å². The maximum atomic E-state index is 9.34. The number of hydrogen-bond donors (Lipinski definition) is 1. The maximum Gasteiger partial charge on any atom is 0.0717 e. The maximum absolute atomic E-state index is 9.34. The van der Waals surface area contributed by atoms with E-state index in [0.29, 0.717) is 0 Å². The van der Waals surface area contributed by atoms with Gasteiger partial charge in [-0.2, -0.15) is 11.8 Å². The van der Waals surface area contributed by atoms with Gasteiger partial charge in [0.2, 0.25) is 0 Å². The smallest absolute Gasteiger partial charge is 0.0717 e. The Morgan fingerprint density at radius 3 is 3.12 bits per heavy atom. The minimum atomic E-state index is 0.0757. The summed E-state index contributed by atoms with van der Waals surface area (Å²) in [6.07, 6.45) is 3.01. The van der Waals surface area contributed by atoms with Crippen LogP contribution in [0, 0.1) is 6.92 Å². The topological polar surface area (TPSA) is 36.4 Å². The number of pyridine rings is 1. The molecular weight excluding hydrogens is 220 g/mol. The van der Waals surface area contributed by atoms with Gasteiger partial charge in [-0.05, 0) is 25.2 Å². The van der Waals surface area contributed by atoms with Crippen LogP contribution >= 0.6 is 11.8 Å². The van der Waals surface area contributed by atoms with Gasteiger partial charge in [-0.15, -0.1) is 0 Å². The lowest BCUT2D eigenvalue weighted by Gasteiger charge is -2.24. The number of aliphatic hydroxyl groups is 1. The molecule has 0 bridgehead atoms. The molecule has 1 aromatic heterocycles. The lowest BCUT2D eigenvalue weighted by atomic mass is 10.2. The Morgan fingerprint density at radius 1 is 1.44 bits per heavy atom. The van der Waals surface area contributed by atoms with Crippen LogP contribution in [0.5, 0.6) is 0 Å². The van der Waals surface area contributed by atoms with Crippen molar-refractivity contribution < 1.29 is 5.11 Å². The Balaban J connectivity index is 2.25. The standard InChI is InChI=1S/C12H18N2OS/c1-10-7-12(11(9-15)8-13-10)14-3-2-5-16-6-4-14/h7-8,15H,2-6,9H2,1H3. The van der Waals surface area contributed by atoms with Crippen LogP contribution in [0.4, 0.5) is 5.69 Å². The average molecular weight is 238 g/mol. The van der Waals surface area contributed by atoms with Crippen molar-refractivity contribution in [3.8, 4) is 0 Å². The van der Waals surface area contributed by atoms with E-state index in [1.165, 1.54) is 17.9 Å². The Bertz CT molecular complexity index is 349. The molecular formula is C12H18N2OS. The Morgan fingerprint density at radius 2 is 2.31 bits per heavy atom. The molecule has 1 aliphatic heterocycles. The Labute approximate surface area is 101 Å². The number of nitrogens with zero attached hydrogens (tertiary/aromatic N) is 2. The van der Waals surface area contributed by atoms with Crippen molar-refractivity contribution in [3.63, 3.8) is 0 Å². The number of aromatic nitrogens is 1. The molecule has 1 N–H and O–H groups in total. The number of anilines is 1. The molecule has 1 aliphatic rings. The lowest BCUT2D eigenvalue weighted by molar-refractivity contribution is 0.281. The second-order valence-corrected chi connectivity index (χ2v) is 5.29. The highest BCUT2D eigenvalue weighted by Crippen LogP contribution is 2.23. The third-order valence-electron chi connectivity index (χ3n) is 2.83. The minimum Gasteiger partial charge on any atom is -0.392 e. The summed E-state index contributed by atoms with van der Waals surface area (Å²) in [6.45, 7) is 4.23. The molecule has 0 atom stereocenters. The van der Waals surface area contributed by atoms with Gasteiger partial charge in [0.15, 0.2) is 0 Å². The molecule has 2 heterocycles. The fourth-order valence-electron chi connectivity index (χ4n) is 1.98. The van der Waals surface area contributed by atoms with E-state index in [-0.39, 0.29) is 6.61 Å². The second kappa shape index (κ2) is 5.55. The summed E-state index contributed by atoms with van der Waals surface area (Å²) in [5, 5.41) is 9.34. The van der Waals surface area contributed by atoms with Crippen LogP contribution in [-0.2, 0) is 6.61 Å². The van der Waals surface area contributed by atoms with E-state index in [1.807, 2.05) is 18.7 Å². The molecule has 1 fully saturated rings. The first kappa shape index (κ1) is 11.7. The van der Waals surface area contributed by atoms with Gasteiger partial charge < -0.3 is 10.0 Å². The third-order valence-corrected chi connectivity index (χ3v) is 3.88. The van der Waals surface area contributed by atoms with Gasteiger partial charge in [-0.25, -0.2) is 0 Å². The summed E-state index contributed by atoms with van der Waals surface area (Å²) in [5.74, 6) is 2.42. The van der Waals surface area contributed by atoms with Crippen LogP contribution in [-0.4, -0.2) is 34.7 Å². The fraction of sp³-hybridized carbons (Fsp3) is 0.583. The molecule has 0 spiro atoms. The average Bonchev–Trinajstić information content (AvgIpc) is 2.57. The zero-order valence-corrected chi connectivity index (χ0v) is 10.5. The van der Waals surface area contributed by atoms with E-state index in [0.717, 1.165) is 30.0 Å². The summed E-state index contributed by atoms with van der Waals surface area (Å²) < 4.78 is 0. The predicted octanol–water partition coefficient (Wildman–Crippen LogP) is 1.83. The normalized spacial score (nSPS) is 17.2. The summed E-state index contributed by atoms with van der Waals surface area (Å²) >= 11 is 2.01. The van der Waals surface area contributed by atoms with Gasteiger partial charge in [-0.1, -0.05) is 0 Å². The van der Waals surface area contributed by atoms with Crippen molar-refractivity contribution in [3.05, 3.63) is 23.5 Å². The molecule has 0 saturated carbocycles. The molecule has 1 saturated heterocycles. The number of hydrogen-bond acceptors (Lipinski definition) is 4. The van der Waals surface area contributed by atoms with E-state index in [9.17, 15) is 5.11 Å². The first-order valence-electron chi connectivity index (χ1n) is 5.70. The molecule has 0 radical (unpaired) electrons. The third kappa shape index (κ3) is 2.68. The van der Waals surface area contributed by atoms with Gasteiger partial charge >= 0.3 is 0 Å². The molecule has 1 aromatic rings. The van der Waals surface area contributed by atoms with E-state index in [2.05, 4.69) is 16.0 Å². The minimum absolute atomic E-state index is 0.0757. The van der Waals surface area contributed by atoms with Gasteiger partial charge in [-0.3, -0.25) is 4.98 Å². The summed E-state index contributed by atoms with van der Waals surface area (Å²) in [7, 11) is 0. The lowest BCUT2D eigenvalue weighted by Crippen LogP contribution is -2.26. The van der Waals surface area contributed by atoms with Crippen LogP contribution in [0.3, 0.4) is 0 Å². The highest BCUT2D eigenvalue weighted by molar-refractivity contribution is 7.99. The largest absolute Gasteiger partial charge is 0.392 e. The van der Waals surface area contributed by atoms with Crippen molar-refractivity contribution in [1.82, 2.24) is 4.98 Å². The van der Waals surface area contributed by atoms with Crippen LogP contribution in [0.15, 0.2) is 12.3 Å². The first-order chi connectivity index (χ1) is 7.81. The van der Waals surface area contributed by atoms with Crippen molar-refractivity contribution in [2.45, 2.75) is 20.0 Å². The molecule has 2 rings (SSSR count). The highest BCUT2D eigenvalue weighted by Gasteiger charge is 2.13. The van der Waals surface area contributed by atoms with E-state index < -0.39 is 0 Å². The molecule has 0 aromatic carbocycles. The second-order valence-electron chi connectivity index (χ2n) is 4.07. The van der Waals surface area contributed by atoms with Crippen LogP contribution in [0.1, 0.15) is 17.7 Å². The molecule has 3 nitrogen and oxygen atoms in total. The predicted molar refractivity (Wildman–Crippen MR) is 69.1 cm³/mol. The molecule has 16 heavy (non-hydrogen) atoms. The molecule has 0 unspecified atom stereocenters. The van der Waals surface area contributed by atoms with Gasteiger partial charge in [0.25, 0.3) is 0 Å². The van der Waals surface area contributed by atoms with Crippen molar-refractivity contribution in [2.75, 3.05) is 29.5 Å². The number of aryl methyl sites for hydroxylation is 1. The SMILES string of the molecule is Cc1cc(N2CCCSCC2)c(CO)cn1. The highest BCUT2D eigenvalue weighted by atomic mass is 32.2. The first-order valence-corrected chi connectivity index (χ1v) is 6.86. The van der Waals surface area contributed by atoms with Crippen LogP contribution in [0.2, 0.25) is 0 Å². The Hall–Kier alpha value is -0.740. The summed E-state index contributed by atoms with van der Waals surface area (Å²) in [5.41, 5.74) is 3.12. The Kier molecular flexibility index (Phi) is 4.07. The summed E-state index contributed by atoms with van der Waals surface area (Å²) in [6, 6.07) is 2.08. The molecule has 4 heteroatoms. The van der Waals surface area contributed by atoms with Crippen molar-refractivity contribution in [1.29, 1.82) is 0 Å². The molecule has 88 valence electrons. The molecule has 0 amide bonds. The van der Waals surface area contributed by atoms with Crippen molar-refractivity contribution in [2.24, 2.45) is 0 Å². The quantitative estimate of drug-likeness (QED) is 0.852. The molecule has 0 aliphatic carbocycles. The van der Waals surface area contributed by atoms with Crippen molar-refractivity contribution >= 4 is 17.4 Å². The zero-order chi connectivity index (χ0) is 11.4.